The van der Waals surface area contributed by atoms with Gasteiger partial charge in [-0.05, 0) is 0 Å². The molecule has 2 nitrogen and oxygen atoms in total. The van der Waals surface area contributed by atoms with Gasteiger partial charge in [-0.25, -0.2) is 0 Å². The quantitative estimate of drug-likeness (QED) is 0.845. The van der Waals surface area contributed by atoms with E-state index in [2.05, 4.69) is 16.4 Å². The van der Waals surface area contributed by atoms with Gasteiger partial charge >= 0.3 is 118 Å². The second kappa shape index (κ2) is 6.04. The molecule has 0 unspecified atom stereocenters. The first-order valence-electron chi connectivity index (χ1n) is 5.72. The fourth-order valence-electron chi connectivity index (χ4n) is 1.65. The van der Waals surface area contributed by atoms with Crippen molar-refractivity contribution in [1.29, 1.82) is 0 Å². The third-order valence-electron chi connectivity index (χ3n) is 2.67. The molecule has 18 heavy (non-hydrogen) atoms. The molecule has 0 aliphatic heterocycles. The van der Waals surface area contributed by atoms with Crippen molar-refractivity contribution in [3.8, 4) is 0 Å². The summed E-state index contributed by atoms with van der Waals surface area (Å²) >= 11 is -0.206. The van der Waals surface area contributed by atoms with E-state index in [0.29, 0.717) is 5.56 Å². The van der Waals surface area contributed by atoms with Crippen LogP contribution in [-0.4, -0.2) is 26.8 Å². The van der Waals surface area contributed by atoms with Crippen molar-refractivity contribution in [2.75, 3.05) is 5.32 Å². The van der Waals surface area contributed by atoms with Crippen LogP contribution in [0.3, 0.4) is 0 Å². The molecule has 0 spiro atoms. The Morgan fingerprint density at radius 2 is 1.72 bits per heavy atom. The number of para-hydroxylation sites is 1. The van der Waals surface area contributed by atoms with Crippen molar-refractivity contribution in [3.63, 3.8) is 0 Å². The summed E-state index contributed by atoms with van der Waals surface area (Å²) < 4.78 is 1.28. The van der Waals surface area contributed by atoms with Crippen LogP contribution in [0.5, 0.6) is 0 Å². The molecule has 0 saturated carbocycles. The molecule has 0 radical (unpaired) electrons. The average Bonchev–Trinajstić information content (AvgIpc) is 2.40. The summed E-state index contributed by atoms with van der Waals surface area (Å²) in [5, 5.41) is 2.99. The Morgan fingerprint density at radius 3 is 2.39 bits per heavy atom. The molecule has 2 aromatic carbocycles. The van der Waals surface area contributed by atoms with Crippen LogP contribution in [0.15, 0.2) is 48.5 Å². The maximum absolute atomic E-state index is 12.1. The van der Waals surface area contributed by atoms with Gasteiger partial charge in [0.15, 0.2) is 0 Å². The van der Waals surface area contributed by atoms with Gasteiger partial charge in [-0.15, -0.1) is 0 Å². The second-order valence-electron chi connectivity index (χ2n) is 4.02. The number of benzene rings is 2. The summed E-state index contributed by atoms with van der Waals surface area (Å²) in [7, 11) is 0. The first-order valence-corrected chi connectivity index (χ1v) is 9.21. The van der Waals surface area contributed by atoms with E-state index >= 15 is 0 Å². The van der Waals surface area contributed by atoms with Crippen molar-refractivity contribution < 1.29 is 4.79 Å². The summed E-state index contributed by atoms with van der Waals surface area (Å²) in [6, 6.07) is 15.7. The van der Waals surface area contributed by atoms with Gasteiger partial charge in [-0.3, -0.25) is 0 Å². The van der Waals surface area contributed by atoms with Crippen LogP contribution in [0.25, 0.3) is 0 Å². The number of aryl methyl sites for hydroxylation is 1. The number of nitrogens with one attached hydrogen (secondary N) is 1. The van der Waals surface area contributed by atoms with E-state index in [1.54, 1.807) is 0 Å². The Hall–Kier alpha value is -1.30. The van der Waals surface area contributed by atoms with Crippen LogP contribution in [0.1, 0.15) is 15.9 Å². The summed E-state index contributed by atoms with van der Waals surface area (Å²) in [5.74, 6) is -0.0386. The van der Waals surface area contributed by atoms with E-state index in [9.17, 15) is 4.79 Å². The van der Waals surface area contributed by atoms with Gasteiger partial charge in [-0.2, -0.15) is 0 Å². The number of anilines is 1. The van der Waals surface area contributed by atoms with Crippen LogP contribution >= 0.6 is 0 Å². The van der Waals surface area contributed by atoms with Crippen molar-refractivity contribution in [3.05, 3.63) is 59.7 Å². The first kappa shape index (κ1) is 13.1. The van der Waals surface area contributed by atoms with Crippen LogP contribution in [-0.2, 0) is 0 Å². The average molecular weight is 353 g/mol. The van der Waals surface area contributed by atoms with Gasteiger partial charge < -0.3 is 0 Å². The molecule has 0 bridgehead atoms. The topological polar surface area (TPSA) is 29.1 Å². The minimum atomic E-state index is -0.206. The molecule has 92 valence electrons. The van der Waals surface area contributed by atoms with E-state index in [-0.39, 0.29) is 26.8 Å². The summed E-state index contributed by atoms with van der Waals surface area (Å²) in [6.45, 7) is 2.01. The molecule has 1 N–H and O–H groups in total. The second-order valence-corrected chi connectivity index (χ2v) is 6.44. The van der Waals surface area contributed by atoms with Gasteiger partial charge in [0, 0.05) is 0 Å². The zero-order chi connectivity index (χ0) is 13.0. The third-order valence-corrected chi connectivity index (χ3v) is 4.94. The van der Waals surface area contributed by atoms with E-state index in [1.807, 2.05) is 49.4 Å². The Labute approximate surface area is 117 Å². The predicted octanol–water partition coefficient (Wildman–Crippen LogP) is 2.62. The first-order chi connectivity index (χ1) is 8.70. The third kappa shape index (κ3) is 3.13. The Balaban J connectivity index is 2.18. The van der Waals surface area contributed by atoms with E-state index < -0.39 is 0 Å². The number of carbonyl (C=O) groups is 1. The number of hydrogen-bond donors (Lipinski definition) is 1. The molecule has 0 aromatic heterocycles. The van der Waals surface area contributed by atoms with E-state index in [0.717, 1.165) is 11.3 Å². The summed E-state index contributed by atoms with van der Waals surface area (Å²) in [5.41, 5.74) is 2.81. The summed E-state index contributed by atoms with van der Waals surface area (Å²) in [4.78, 5) is 14.3. The van der Waals surface area contributed by atoms with Crippen molar-refractivity contribution >= 4 is 36.1 Å². The molecule has 1 amide bonds. The molecule has 0 atom stereocenters. The molecular formula is C15H15NOTe. The van der Waals surface area contributed by atoms with Gasteiger partial charge in [0.05, 0.1) is 0 Å². The molecule has 2 aromatic rings. The molecule has 3 heteroatoms. The zero-order valence-corrected chi connectivity index (χ0v) is 12.8. The molecular weight excluding hydrogens is 338 g/mol. The van der Waals surface area contributed by atoms with Crippen LogP contribution < -0.4 is 8.93 Å². The molecule has 0 fully saturated rings. The Bertz CT molecular complexity index is 549. The minimum absolute atomic E-state index is 0.0386. The standard InChI is InChI=1S/C15H15NOTe/c1-11-7-9-12(10-8-11)15(17)16-13-5-3-4-6-14(13)18-2/h3-10H,1-2H3,(H,16,17). The predicted molar refractivity (Wildman–Crippen MR) is 76.8 cm³/mol. The molecule has 0 saturated heterocycles. The van der Waals surface area contributed by atoms with Crippen molar-refractivity contribution in [2.24, 2.45) is 0 Å². The molecule has 0 aliphatic carbocycles. The Morgan fingerprint density at radius 1 is 1.06 bits per heavy atom. The number of hydrogen-bond acceptors (Lipinski definition) is 1. The summed E-state index contributed by atoms with van der Waals surface area (Å²) in [6.07, 6.45) is 0. The number of rotatable bonds is 3. The van der Waals surface area contributed by atoms with Crippen LogP contribution in [0.2, 0.25) is 4.97 Å². The van der Waals surface area contributed by atoms with Gasteiger partial charge in [0.25, 0.3) is 0 Å². The van der Waals surface area contributed by atoms with Crippen LogP contribution in [0, 0.1) is 6.92 Å². The molecule has 0 aliphatic rings. The maximum atomic E-state index is 12.1. The van der Waals surface area contributed by atoms with Gasteiger partial charge in [-0.1, -0.05) is 0 Å². The molecule has 2 rings (SSSR count). The van der Waals surface area contributed by atoms with Crippen molar-refractivity contribution in [1.82, 2.24) is 0 Å². The monoisotopic (exact) mass is 355 g/mol. The number of carbonyl (C=O) groups excluding carboxylic acids is 1. The van der Waals surface area contributed by atoms with Gasteiger partial charge in [0.2, 0.25) is 0 Å². The van der Waals surface area contributed by atoms with Crippen LogP contribution in [0.4, 0.5) is 5.69 Å². The fraction of sp³-hybridized carbons (Fsp3) is 0.133. The van der Waals surface area contributed by atoms with Crippen molar-refractivity contribution in [2.45, 2.75) is 11.9 Å². The zero-order valence-electron chi connectivity index (χ0n) is 10.4. The molecule has 0 heterocycles. The van der Waals surface area contributed by atoms with E-state index in [4.69, 9.17) is 0 Å². The number of amides is 1. The Kier molecular flexibility index (Phi) is 4.41. The SMILES string of the molecule is C[Te]c1ccccc1NC(=O)c1ccc(C)cc1. The fourth-order valence-corrected chi connectivity index (χ4v) is 3.23. The van der Waals surface area contributed by atoms with Gasteiger partial charge in [0.1, 0.15) is 0 Å². The van der Waals surface area contributed by atoms with E-state index in [1.165, 1.54) is 3.61 Å². The normalized spacial score (nSPS) is 10.1.